The van der Waals surface area contributed by atoms with Crippen LogP contribution in [0, 0.1) is 0 Å². The smallest absolute Gasteiger partial charge is 0.213 e. The van der Waals surface area contributed by atoms with Crippen molar-refractivity contribution in [2.75, 3.05) is 14.2 Å². The molecule has 0 aliphatic carbocycles. The average Bonchev–Trinajstić information content (AvgIpc) is 2.47. The molecule has 4 nitrogen and oxygen atoms in total. The molecule has 0 bridgehead atoms. The third-order valence-corrected chi connectivity index (χ3v) is 3.32. The van der Waals surface area contributed by atoms with Crippen LogP contribution in [0.1, 0.15) is 16.8 Å². The van der Waals surface area contributed by atoms with Gasteiger partial charge in [-0.15, -0.1) is 0 Å². The fourth-order valence-corrected chi connectivity index (χ4v) is 2.25. The van der Waals surface area contributed by atoms with Gasteiger partial charge < -0.3 is 10.5 Å². The van der Waals surface area contributed by atoms with Crippen LogP contribution in [0.3, 0.4) is 0 Å². The number of pyridine rings is 1. The number of ether oxygens (including phenoxy) is 1. The predicted octanol–water partition coefficient (Wildman–Crippen LogP) is 2.36. The lowest BCUT2D eigenvalue weighted by atomic mass is 10.1. The van der Waals surface area contributed by atoms with Gasteiger partial charge in [0.1, 0.15) is 4.99 Å². The lowest BCUT2D eigenvalue weighted by molar-refractivity contribution is 0.312. The van der Waals surface area contributed by atoms with Gasteiger partial charge in [-0.05, 0) is 24.7 Å². The molecule has 2 N–H and O–H groups in total. The largest absolute Gasteiger partial charge is 0.481 e. The fraction of sp³-hybridized carbons (Fsp3) is 0.250. The van der Waals surface area contributed by atoms with E-state index in [9.17, 15) is 0 Å². The third kappa shape index (κ3) is 4.51. The Morgan fingerprint density at radius 1 is 1.24 bits per heavy atom. The summed E-state index contributed by atoms with van der Waals surface area (Å²) in [5.74, 6) is 0.636. The van der Waals surface area contributed by atoms with Crippen LogP contribution in [-0.4, -0.2) is 29.0 Å². The van der Waals surface area contributed by atoms with Gasteiger partial charge in [-0.3, -0.25) is 4.90 Å². The standard InChI is InChI=1S/C16H19N3OS/c1-19(11-14-7-4-8-15(18-14)20-2)10-12-5-3-6-13(9-12)16(17)21/h3-9H,10-11H2,1-2H3,(H2,17,21). The molecule has 0 saturated carbocycles. The Morgan fingerprint density at radius 2 is 2.00 bits per heavy atom. The molecule has 2 aromatic rings. The van der Waals surface area contributed by atoms with Gasteiger partial charge >= 0.3 is 0 Å². The number of rotatable bonds is 6. The van der Waals surface area contributed by atoms with Crippen LogP contribution in [0.25, 0.3) is 0 Å². The molecular weight excluding hydrogens is 282 g/mol. The quantitative estimate of drug-likeness (QED) is 0.830. The highest BCUT2D eigenvalue weighted by Crippen LogP contribution is 2.12. The van der Waals surface area contributed by atoms with E-state index < -0.39 is 0 Å². The Kier molecular flexibility index (Phi) is 5.25. The van der Waals surface area contributed by atoms with Gasteiger partial charge in [0.2, 0.25) is 5.88 Å². The van der Waals surface area contributed by atoms with Crippen molar-refractivity contribution in [3.63, 3.8) is 0 Å². The topological polar surface area (TPSA) is 51.4 Å². The molecule has 5 heteroatoms. The van der Waals surface area contributed by atoms with Gasteiger partial charge in [0.25, 0.3) is 0 Å². The second-order valence-corrected chi connectivity index (χ2v) is 5.35. The first-order valence-corrected chi connectivity index (χ1v) is 7.06. The predicted molar refractivity (Wildman–Crippen MR) is 88.3 cm³/mol. The minimum Gasteiger partial charge on any atom is -0.481 e. The summed E-state index contributed by atoms with van der Waals surface area (Å²) in [5, 5.41) is 0. The molecule has 0 atom stereocenters. The summed E-state index contributed by atoms with van der Waals surface area (Å²) in [4.78, 5) is 7.02. The zero-order valence-electron chi connectivity index (χ0n) is 12.2. The van der Waals surface area contributed by atoms with E-state index in [1.165, 1.54) is 5.56 Å². The first-order valence-electron chi connectivity index (χ1n) is 6.65. The number of thiocarbonyl (C=S) groups is 1. The highest BCUT2D eigenvalue weighted by molar-refractivity contribution is 7.80. The normalized spacial score (nSPS) is 10.6. The number of aromatic nitrogens is 1. The maximum atomic E-state index is 5.66. The van der Waals surface area contributed by atoms with Crippen molar-refractivity contribution in [3.05, 3.63) is 59.3 Å². The van der Waals surface area contributed by atoms with Crippen molar-refractivity contribution in [1.82, 2.24) is 9.88 Å². The van der Waals surface area contributed by atoms with Crippen LogP contribution >= 0.6 is 12.2 Å². The van der Waals surface area contributed by atoms with Crippen molar-refractivity contribution in [2.24, 2.45) is 5.73 Å². The summed E-state index contributed by atoms with van der Waals surface area (Å²) in [6.07, 6.45) is 0. The molecule has 0 amide bonds. The molecule has 110 valence electrons. The van der Waals surface area contributed by atoms with Crippen LogP contribution < -0.4 is 10.5 Å². The molecule has 1 aromatic carbocycles. The summed E-state index contributed by atoms with van der Waals surface area (Å²) in [7, 11) is 3.67. The molecule has 1 heterocycles. The van der Waals surface area contributed by atoms with E-state index in [0.717, 1.165) is 24.3 Å². The van der Waals surface area contributed by atoms with E-state index in [-0.39, 0.29) is 0 Å². The Hall–Kier alpha value is -1.98. The Labute approximate surface area is 130 Å². The zero-order valence-corrected chi connectivity index (χ0v) is 13.1. The van der Waals surface area contributed by atoms with Crippen molar-refractivity contribution in [1.29, 1.82) is 0 Å². The fourth-order valence-electron chi connectivity index (χ4n) is 2.13. The van der Waals surface area contributed by atoms with Gasteiger partial charge in [0.15, 0.2) is 0 Å². The van der Waals surface area contributed by atoms with E-state index in [4.69, 9.17) is 22.7 Å². The number of nitrogens with zero attached hydrogens (tertiary/aromatic N) is 2. The lowest BCUT2D eigenvalue weighted by Gasteiger charge is -2.17. The zero-order chi connectivity index (χ0) is 15.2. The third-order valence-electron chi connectivity index (χ3n) is 3.09. The number of benzene rings is 1. The maximum absolute atomic E-state index is 5.66. The average molecular weight is 301 g/mol. The van der Waals surface area contributed by atoms with Crippen LogP contribution in [-0.2, 0) is 13.1 Å². The highest BCUT2D eigenvalue weighted by atomic mass is 32.1. The van der Waals surface area contributed by atoms with Crippen molar-refractivity contribution in [2.45, 2.75) is 13.1 Å². The number of methoxy groups -OCH3 is 1. The van der Waals surface area contributed by atoms with E-state index >= 15 is 0 Å². The highest BCUT2D eigenvalue weighted by Gasteiger charge is 2.05. The summed E-state index contributed by atoms with van der Waals surface area (Å²) in [6, 6.07) is 13.8. The minimum atomic E-state index is 0.425. The first-order chi connectivity index (χ1) is 10.1. The molecule has 0 aliphatic rings. The summed E-state index contributed by atoms with van der Waals surface area (Å²) < 4.78 is 5.14. The second kappa shape index (κ2) is 7.15. The van der Waals surface area contributed by atoms with Gasteiger partial charge in [-0.1, -0.05) is 36.5 Å². The van der Waals surface area contributed by atoms with Crippen LogP contribution in [0.5, 0.6) is 5.88 Å². The molecule has 2 rings (SSSR count). The van der Waals surface area contributed by atoms with E-state index in [2.05, 4.69) is 23.0 Å². The van der Waals surface area contributed by atoms with E-state index in [1.54, 1.807) is 7.11 Å². The molecule has 1 aromatic heterocycles. The molecule has 21 heavy (non-hydrogen) atoms. The van der Waals surface area contributed by atoms with Crippen LogP contribution in [0.15, 0.2) is 42.5 Å². The SMILES string of the molecule is COc1cccc(CN(C)Cc2cccc(C(N)=S)c2)n1. The van der Waals surface area contributed by atoms with Crippen LogP contribution in [0.4, 0.5) is 0 Å². The number of hydrogen-bond acceptors (Lipinski definition) is 4. The van der Waals surface area contributed by atoms with Crippen molar-refractivity contribution >= 4 is 17.2 Å². The Balaban J connectivity index is 2.02. The summed E-state index contributed by atoms with van der Waals surface area (Å²) in [6.45, 7) is 1.55. The van der Waals surface area contributed by atoms with E-state index in [1.807, 2.05) is 36.4 Å². The first kappa shape index (κ1) is 15.4. The van der Waals surface area contributed by atoms with E-state index in [0.29, 0.717) is 10.9 Å². The van der Waals surface area contributed by atoms with Crippen molar-refractivity contribution in [3.8, 4) is 5.88 Å². The number of nitrogens with two attached hydrogens (primary N) is 1. The maximum Gasteiger partial charge on any atom is 0.213 e. The molecule has 0 radical (unpaired) electrons. The van der Waals surface area contributed by atoms with Gasteiger partial charge in [-0.25, -0.2) is 4.98 Å². The molecule has 0 saturated heterocycles. The molecule has 0 spiro atoms. The molecule has 0 aliphatic heterocycles. The van der Waals surface area contributed by atoms with Crippen molar-refractivity contribution < 1.29 is 4.74 Å². The summed E-state index contributed by atoms with van der Waals surface area (Å²) >= 11 is 5.01. The number of hydrogen-bond donors (Lipinski definition) is 1. The van der Waals surface area contributed by atoms with Gasteiger partial charge in [0.05, 0.1) is 12.8 Å². The molecule has 0 unspecified atom stereocenters. The Morgan fingerprint density at radius 3 is 2.71 bits per heavy atom. The molecule has 0 fully saturated rings. The summed E-state index contributed by atoms with van der Waals surface area (Å²) in [5.41, 5.74) is 8.71. The van der Waals surface area contributed by atoms with Gasteiger partial charge in [0, 0.05) is 24.7 Å². The van der Waals surface area contributed by atoms with Crippen LogP contribution in [0.2, 0.25) is 0 Å². The van der Waals surface area contributed by atoms with Gasteiger partial charge in [-0.2, -0.15) is 0 Å². The molecular formula is C16H19N3OS. The minimum absolute atomic E-state index is 0.425. The Bertz CT molecular complexity index is 630. The monoisotopic (exact) mass is 301 g/mol. The lowest BCUT2D eigenvalue weighted by Crippen LogP contribution is -2.18. The second-order valence-electron chi connectivity index (χ2n) is 4.91.